The molecular weight excluding hydrogens is 637 g/mol. The Balaban J connectivity index is 0.00000171. The van der Waals surface area contributed by atoms with Gasteiger partial charge in [0.15, 0.2) is 0 Å². The molecule has 0 saturated carbocycles. The molecule has 0 unspecified atom stereocenters. The molecule has 0 amide bonds. The first kappa shape index (κ1) is 30.4. The van der Waals surface area contributed by atoms with Crippen LogP contribution in [0.3, 0.4) is 0 Å². The molecule has 0 fully saturated rings. The number of benzene rings is 4. The van der Waals surface area contributed by atoms with Gasteiger partial charge in [-0.25, -0.2) is 9.97 Å². The van der Waals surface area contributed by atoms with E-state index >= 15 is 0 Å². The molecule has 4 heterocycles. The van der Waals surface area contributed by atoms with Crippen molar-refractivity contribution in [2.24, 2.45) is 0 Å². The Hall–Kier alpha value is -5.94. The van der Waals surface area contributed by atoms with Crippen LogP contribution in [0.1, 0.15) is 22.8 Å². The first-order chi connectivity index (χ1) is 24.3. The molecule has 1 aliphatic carbocycles. The fourth-order valence-electron chi connectivity index (χ4n) is 6.76. The molecule has 9 rings (SSSR count). The zero-order valence-electron chi connectivity index (χ0n) is 26.4. The van der Waals surface area contributed by atoms with Crippen molar-refractivity contribution in [1.82, 2.24) is 15.0 Å². The van der Waals surface area contributed by atoms with Crippen LogP contribution in [-0.4, -0.2) is 9.97 Å². The van der Waals surface area contributed by atoms with Gasteiger partial charge in [-0.05, 0) is 68.1 Å². The molecule has 4 aromatic carbocycles. The predicted molar refractivity (Wildman–Crippen MR) is 195 cm³/mol. The topological polar surface area (TPSA) is 57.0 Å². The molecule has 0 radical (unpaired) electrons. The van der Waals surface area contributed by atoms with Crippen LogP contribution in [0, 0.1) is 10.4 Å². The molecule has 5 heteroatoms. The van der Waals surface area contributed by atoms with Gasteiger partial charge in [-0.1, -0.05) is 146 Å². The summed E-state index contributed by atoms with van der Waals surface area (Å²) in [6.45, 7) is 0. The van der Waals surface area contributed by atoms with Gasteiger partial charge in [-0.3, -0.25) is 0 Å². The maximum absolute atomic E-state index is 8.19. The minimum atomic E-state index is 0.882. The SMILES string of the molecule is C1=Cc2nc1c(-c1ccccc1)c1ccc=1c(-c1ccccc1)c1nc(c(-c3ccccc3)c3ccc([n-]3)c2-c2ccccc2)C=C1.[O]=[V]. The van der Waals surface area contributed by atoms with E-state index in [9.17, 15) is 0 Å². The summed E-state index contributed by atoms with van der Waals surface area (Å²) in [7, 11) is 0. The van der Waals surface area contributed by atoms with Crippen molar-refractivity contribution in [3.05, 3.63) is 179 Å². The molecule has 5 aromatic rings. The van der Waals surface area contributed by atoms with Crippen LogP contribution in [0.25, 0.3) is 79.8 Å². The van der Waals surface area contributed by atoms with Crippen molar-refractivity contribution in [3.8, 4) is 44.5 Å². The zero-order chi connectivity index (χ0) is 33.2. The fourth-order valence-corrected chi connectivity index (χ4v) is 6.76. The number of nitrogens with zero attached hydrogens (tertiary/aromatic N) is 3. The van der Waals surface area contributed by atoms with Crippen LogP contribution in [0.5, 0.6) is 0 Å². The van der Waals surface area contributed by atoms with E-state index in [0.717, 1.165) is 106 Å². The van der Waals surface area contributed by atoms with Crippen LogP contribution in [-0.2, 0) is 21.0 Å². The monoisotopic (exact) mass is 665 g/mol. The second kappa shape index (κ2) is 13.3. The first-order valence-electron chi connectivity index (χ1n) is 16.1. The van der Waals surface area contributed by atoms with E-state index in [4.69, 9.17) is 18.6 Å². The summed E-state index contributed by atoms with van der Waals surface area (Å²) in [6, 6.07) is 50.7. The number of hydrogen-bond donors (Lipinski definition) is 0. The Morgan fingerprint density at radius 1 is 0.347 bits per heavy atom. The van der Waals surface area contributed by atoms with E-state index in [1.807, 2.05) is 12.1 Å². The molecule has 49 heavy (non-hydrogen) atoms. The van der Waals surface area contributed by atoms with Gasteiger partial charge in [0, 0.05) is 11.1 Å². The molecule has 1 aromatic heterocycles. The third-order valence-corrected chi connectivity index (χ3v) is 8.95. The van der Waals surface area contributed by atoms with Crippen LogP contribution in [0.4, 0.5) is 0 Å². The van der Waals surface area contributed by atoms with Crippen molar-refractivity contribution in [1.29, 1.82) is 0 Å². The van der Waals surface area contributed by atoms with Crippen LogP contribution in [0.2, 0.25) is 0 Å². The number of hydrogen-bond acceptors (Lipinski definition) is 3. The Bertz CT molecular complexity index is 2380. The Morgan fingerprint density at radius 3 is 0.939 bits per heavy atom. The van der Waals surface area contributed by atoms with Crippen LogP contribution >= 0.6 is 0 Å². The molecule has 3 aliphatic heterocycles. The Morgan fingerprint density at radius 2 is 0.633 bits per heavy atom. The van der Waals surface area contributed by atoms with Crippen molar-refractivity contribution in [2.75, 3.05) is 0 Å². The Labute approximate surface area is 293 Å². The third kappa shape index (κ3) is 5.57. The zero-order valence-corrected chi connectivity index (χ0v) is 27.8. The molecule has 0 spiro atoms. The van der Waals surface area contributed by atoms with Crippen molar-refractivity contribution in [2.45, 2.75) is 0 Å². The third-order valence-electron chi connectivity index (χ3n) is 8.95. The predicted octanol–water partition coefficient (Wildman–Crippen LogP) is 10.5. The summed E-state index contributed by atoms with van der Waals surface area (Å²) in [4.78, 5) is 16.0. The van der Waals surface area contributed by atoms with Crippen molar-refractivity contribution < 1.29 is 21.0 Å². The second-order valence-electron chi connectivity index (χ2n) is 11.8. The van der Waals surface area contributed by atoms with Gasteiger partial charge in [0.25, 0.3) is 0 Å². The van der Waals surface area contributed by atoms with Gasteiger partial charge in [-0.15, -0.1) is 11.0 Å². The molecule has 231 valence electrons. The summed E-state index contributed by atoms with van der Waals surface area (Å²) >= 11 is 1.06. The van der Waals surface area contributed by atoms with E-state index in [1.54, 1.807) is 0 Å². The van der Waals surface area contributed by atoms with E-state index in [-0.39, 0.29) is 0 Å². The molecule has 0 saturated heterocycles. The van der Waals surface area contributed by atoms with E-state index in [2.05, 4.69) is 158 Å². The average molecular weight is 666 g/mol. The van der Waals surface area contributed by atoms with Gasteiger partial charge in [-0.2, -0.15) is 0 Å². The number of rotatable bonds is 4. The molecule has 4 aliphatic rings. The van der Waals surface area contributed by atoms with Gasteiger partial charge in [0.1, 0.15) is 0 Å². The molecule has 6 bridgehead atoms. The standard InChI is InChI=1S/C44H28N3.O.V/c1-5-13-29(14-6-1)41-33-21-22-34(33)42(30-15-7-2-8-16-30)36-24-26-38(46-36)44(32-19-11-4-12-20-32)40-28-27-39(47-40)43(31-17-9-3-10-18-31)37-25-23-35(41)45-37;;/h1-28H;;/q-1;;. The van der Waals surface area contributed by atoms with Gasteiger partial charge in [0.2, 0.25) is 0 Å². The van der Waals surface area contributed by atoms with E-state index in [1.165, 1.54) is 0 Å². The maximum atomic E-state index is 8.19. The van der Waals surface area contributed by atoms with E-state index in [0.29, 0.717) is 0 Å². The fraction of sp³-hybridized carbons (Fsp3) is 0. The quantitative estimate of drug-likeness (QED) is 0.188. The number of aromatic nitrogens is 3. The summed E-state index contributed by atoms with van der Waals surface area (Å²) < 4.78 is 8.19. The summed E-state index contributed by atoms with van der Waals surface area (Å²) in [5.74, 6) is 0. The second-order valence-corrected chi connectivity index (χ2v) is 11.8. The molecule has 4 nitrogen and oxygen atoms in total. The first-order valence-corrected chi connectivity index (χ1v) is 16.6. The van der Waals surface area contributed by atoms with Crippen LogP contribution in [0.15, 0.2) is 146 Å². The molecule has 0 atom stereocenters. The van der Waals surface area contributed by atoms with E-state index < -0.39 is 0 Å². The minimum absolute atomic E-state index is 0.882. The van der Waals surface area contributed by atoms with Crippen LogP contribution < -0.4 is 4.98 Å². The van der Waals surface area contributed by atoms with Crippen molar-refractivity contribution in [3.63, 3.8) is 0 Å². The van der Waals surface area contributed by atoms with Gasteiger partial charge in [0.05, 0.1) is 22.8 Å². The normalized spacial score (nSPS) is 11.7. The van der Waals surface area contributed by atoms with Crippen molar-refractivity contribution >= 4 is 35.3 Å². The Kier molecular flexibility index (Phi) is 8.24. The summed E-state index contributed by atoms with van der Waals surface area (Å²) in [5, 5.41) is 2.31. The summed E-state index contributed by atoms with van der Waals surface area (Å²) in [6.07, 6.45) is 8.57. The summed E-state index contributed by atoms with van der Waals surface area (Å²) in [5.41, 5.74) is 14.0. The molecular formula is C44H28N3OV-. The number of fused-ring (bicyclic) bond motifs is 6. The van der Waals surface area contributed by atoms with Gasteiger partial charge < -0.3 is 4.98 Å². The van der Waals surface area contributed by atoms with Gasteiger partial charge >= 0.3 is 21.0 Å². The average Bonchev–Trinajstić information content (AvgIpc) is 3.95. The molecule has 0 N–H and O–H groups in total.